The number of nitrogens with one attached hydrogen (secondary N) is 1. The van der Waals surface area contributed by atoms with E-state index >= 15 is 0 Å². The van der Waals surface area contributed by atoms with Crippen LogP contribution in [0.3, 0.4) is 0 Å². The van der Waals surface area contributed by atoms with E-state index in [9.17, 15) is 4.79 Å². The smallest absolute Gasteiger partial charge is 0.212 e. The summed E-state index contributed by atoms with van der Waals surface area (Å²) in [5.41, 5.74) is 2.36. The summed E-state index contributed by atoms with van der Waals surface area (Å²) in [5.74, 6) is -0.0173. The molecule has 1 N–H and O–H groups in total. The van der Waals surface area contributed by atoms with Crippen LogP contribution in [0, 0.1) is 0 Å². The number of benzene rings is 1. The fourth-order valence-electron chi connectivity index (χ4n) is 1.67. The van der Waals surface area contributed by atoms with Crippen LogP contribution in [0.25, 0.3) is 11.1 Å². The largest absolute Gasteiger partial charge is 0.364 e. The minimum atomic E-state index is -0.275. The summed E-state index contributed by atoms with van der Waals surface area (Å²) in [6, 6.07) is 9.72. The predicted octanol–water partition coefficient (Wildman–Crippen LogP) is 1.66. The Kier molecular flexibility index (Phi) is 2.08. The number of carbonyl (C=O) groups is 1. The molecule has 3 rings (SSSR count). The van der Waals surface area contributed by atoms with Gasteiger partial charge < -0.3 is 4.74 Å². The number of aromatic nitrogens is 2. The number of hydrogen-bond acceptors (Lipinski definition) is 3. The predicted molar refractivity (Wildman–Crippen MR) is 58.1 cm³/mol. The fraction of sp³-hybridized carbons (Fsp3) is 0.167. The first-order valence-corrected chi connectivity index (χ1v) is 5.11. The molecule has 2 heterocycles. The van der Waals surface area contributed by atoms with Crippen LogP contribution in [0.2, 0.25) is 0 Å². The average molecular weight is 214 g/mol. The molecular formula is C12H10N2O2. The van der Waals surface area contributed by atoms with E-state index in [2.05, 4.69) is 10.2 Å². The van der Waals surface area contributed by atoms with Crippen molar-refractivity contribution < 1.29 is 9.53 Å². The van der Waals surface area contributed by atoms with Crippen molar-refractivity contribution in [2.45, 2.75) is 6.10 Å². The zero-order valence-electron chi connectivity index (χ0n) is 8.51. The molecule has 0 unspecified atom stereocenters. The molecule has 1 aromatic carbocycles. The van der Waals surface area contributed by atoms with Gasteiger partial charge in [-0.25, -0.2) is 0 Å². The zero-order chi connectivity index (χ0) is 11.0. The van der Waals surface area contributed by atoms with E-state index in [-0.39, 0.29) is 11.9 Å². The highest BCUT2D eigenvalue weighted by atomic mass is 16.6. The van der Waals surface area contributed by atoms with Crippen molar-refractivity contribution in [3.8, 4) is 11.1 Å². The van der Waals surface area contributed by atoms with Crippen LogP contribution in [-0.2, 0) is 4.74 Å². The molecule has 0 radical (unpaired) electrons. The van der Waals surface area contributed by atoms with Gasteiger partial charge in [-0.15, -0.1) is 0 Å². The number of hydrogen-bond donors (Lipinski definition) is 1. The van der Waals surface area contributed by atoms with Gasteiger partial charge in [-0.3, -0.25) is 9.89 Å². The summed E-state index contributed by atoms with van der Waals surface area (Å²) >= 11 is 0. The molecule has 16 heavy (non-hydrogen) atoms. The molecule has 1 aliphatic rings. The average Bonchev–Trinajstić information content (AvgIpc) is 3.06. The van der Waals surface area contributed by atoms with Crippen molar-refractivity contribution in [2.24, 2.45) is 0 Å². The van der Waals surface area contributed by atoms with Crippen LogP contribution in [-0.4, -0.2) is 28.7 Å². The molecule has 1 fully saturated rings. The van der Waals surface area contributed by atoms with Crippen molar-refractivity contribution in [3.05, 3.63) is 42.2 Å². The Hall–Kier alpha value is -1.94. The van der Waals surface area contributed by atoms with Crippen molar-refractivity contribution in [1.82, 2.24) is 10.2 Å². The zero-order valence-corrected chi connectivity index (χ0v) is 8.51. The lowest BCUT2D eigenvalue weighted by Gasteiger charge is -2.00. The van der Waals surface area contributed by atoms with Gasteiger partial charge in [-0.05, 0) is 5.56 Å². The van der Waals surface area contributed by atoms with E-state index in [1.54, 1.807) is 6.20 Å². The summed E-state index contributed by atoms with van der Waals surface area (Å²) in [6.45, 7) is 0.520. The standard InChI is InChI=1S/C12H10N2O2/c15-12(10-7-16-10)11-9(6-13-14-11)8-4-2-1-3-5-8/h1-6,10H,7H2,(H,13,14)/t10-/m0/s1. The number of ether oxygens (including phenoxy) is 1. The van der Waals surface area contributed by atoms with Crippen LogP contribution in [0.15, 0.2) is 36.5 Å². The highest BCUT2D eigenvalue weighted by Crippen LogP contribution is 2.25. The molecule has 0 saturated carbocycles. The molecule has 4 nitrogen and oxygen atoms in total. The molecule has 2 aromatic rings. The Balaban J connectivity index is 2.02. The first kappa shape index (κ1) is 9.30. The lowest BCUT2D eigenvalue weighted by atomic mass is 10.0. The van der Waals surface area contributed by atoms with Crippen LogP contribution < -0.4 is 0 Å². The number of rotatable bonds is 3. The van der Waals surface area contributed by atoms with Gasteiger partial charge in [0.15, 0.2) is 0 Å². The molecule has 0 bridgehead atoms. The van der Waals surface area contributed by atoms with Crippen LogP contribution >= 0.6 is 0 Å². The summed E-state index contributed by atoms with van der Waals surface area (Å²) in [5, 5.41) is 6.67. The van der Waals surface area contributed by atoms with Crippen molar-refractivity contribution in [3.63, 3.8) is 0 Å². The minimum absolute atomic E-state index is 0.0173. The number of aromatic amines is 1. The van der Waals surface area contributed by atoms with Crippen LogP contribution in [0.1, 0.15) is 10.5 Å². The van der Waals surface area contributed by atoms with E-state index < -0.39 is 0 Å². The second-order valence-corrected chi connectivity index (χ2v) is 3.71. The minimum Gasteiger partial charge on any atom is -0.364 e. The van der Waals surface area contributed by atoms with Gasteiger partial charge in [0.05, 0.1) is 12.8 Å². The van der Waals surface area contributed by atoms with Crippen molar-refractivity contribution in [2.75, 3.05) is 6.61 Å². The maximum atomic E-state index is 11.9. The maximum Gasteiger partial charge on any atom is 0.212 e. The molecule has 1 saturated heterocycles. The van der Waals surface area contributed by atoms with Crippen LogP contribution in [0.4, 0.5) is 0 Å². The van der Waals surface area contributed by atoms with E-state index in [0.29, 0.717) is 12.3 Å². The molecular weight excluding hydrogens is 204 g/mol. The van der Waals surface area contributed by atoms with Gasteiger partial charge in [-0.2, -0.15) is 5.10 Å². The molecule has 80 valence electrons. The highest BCUT2D eigenvalue weighted by Gasteiger charge is 2.34. The van der Waals surface area contributed by atoms with Gasteiger partial charge in [0.1, 0.15) is 11.8 Å². The Bertz CT molecular complexity index is 515. The first-order valence-electron chi connectivity index (χ1n) is 5.11. The molecule has 1 aromatic heterocycles. The quantitative estimate of drug-likeness (QED) is 0.624. The second-order valence-electron chi connectivity index (χ2n) is 3.71. The first-order chi connectivity index (χ1) is 7.86. The van der Waals surface area contributed by atoms with Gasteiger partial charge in [0, 0.05) is 5.56 Å². The van der Waals surface area contributed by atoms with E-state index in [1.165, 1.54) is 0 Å². The lowest BCUT2D eigenvalue weighted by molar-refractivity contribution is 0.0949. The number of epoxide rings is 1. The Morgan fingerprint density at radius 3 is 2.81 bits per heavy atom. The number of carbonyl (C=O) groups excluding carboxylic acids is 1. The summed E-state index contributed by atoms with van der Waals surface area (Å²) in [6.07, 6.45) is 1.40. The van der Waals surface area contributed by atoms with Gasteiger partial charge in [-0.1, -0.05) is 30.3 Å². The highest BCUT2D eigenvalue weighted by molar-refractivity contribution is 6.04. The molecule has 1 atom stereocenters. The normalized spacial score (nSPS) is 18.4. The van der Waals surface area contributed by atoms with Gasteiger partial charge in [0.25, 0.3) is 0 Å². The van der Waals surface area contributed by atoms with E-state index in [1.807, 2.05) is 30.3 Å². The summed E-state index contributed by atoms with van der Waals surface area (Å²) in [4.78, 5) is 11.9. The number of Topliss-reactive ketones (excluding diaryl/α,β-unsaturated/α-hetero) is 1. The second kappa shape index (κ2) is 3.57. The third-order valence-corrected chi connectivity index (χ3v) is 2.60. The van der Waals surface area contributed by atoms with Crippen molar-refractivity contribution >= 4 is 5.78 Å². The topological polar surface area (TPSA) is 58.3 Å². The molecule has 4 heteroatoms. The Morgan fingerprint density at radius 1 is 1.38 bits per heavy atom. The third kappa shape index (κ3) is 1.53. The number of ketones is 1. The van der Waals surface area contributed by atoms with Crippen molar-refractivity contribution in [1.29, 1.82) is 0 Å². The SMILES string of the molecule is O=C(c1[nH]ncc1-c1ccccc1)[C@@H]1CO1. The fourth-order valence-corrected chi connectivity index (χ4v) is 1.67. The third-order valence-electron chi connectivity index (χ3n) is 2.60. The maximum absolute atomic E-state index is 11.9. The molecule has 0 aliphatic carbocycles. The summed E-state index contributed by atoms with van der Waals surface area (Å²) in [7, 11) is 0. The molecule has 0 spiro atoms. The number of nitrogens with zero attached hydrogens (tertiary/aromatic N) is 1. The Morgan fingerprint density at radius 2 is 2.12 bits per heavy atom. The molecule has 0 amide bonds. The van der Waals surface area contributed by atoms with Gasteiger partial charge >= 0.3 is 0 Å². The van der Waals surface area contributed by atoms with Crippen LogP contribution in [0.5, 0.6) is 0 Å². The summed E-state index contributed by atoms with van der Waals surface area (Å²) < 4.78 is 4.99. The molecule has 1 aliphatic heterocycles. The lowest BCUT2D eigenvalue weighted by Crippen LogP contribution is -2.08. The van der Waals surface area contributed by atoms with E-state index in [0.717, 1.165) is 11.1 Å². The Labute approximate surface area is 92.2 Å². The van der Waals surface area contributed by atoms with E-state index in [4.69, 9.17) is 4.74 Å². The number of H-pyrrole nitrogens is 1. The van der Waals surface area contributed by atoms with Gasteiger partial charge in [0.2, 0.25) is 5.78 Å². The monoisotopic (exact) mass is 214 g/mol.